The maximum atomic E-state index is 12.6. The number of hydrogen-bond acceptors (Lipinski definition) is 4. The van der Waals surface area contributed by atoms with E-state index in [1.165, 1.54) is 20.3 Å². The quantitative estimate of drug-likeness (QED) is 0.674. The normalized spacial score (nSPS) is 10.3. The monoisotopic (exact) mass is 384 g/mol. The Morgan fingerprint density at radius 2 is 1.33 bits per heavy atom. The number of amides is 2. The van der Waals surface area contributed by atoms with Gasteiger partial charge in [-0.2, -0.15) is 0 Å². The van der Waals surface area contributed by atoms with Crippen molar-refractivity contribution < 1.29 is 19.1 Å². The molecular weight excluding hydrogens is 368 g/mol. The van der Waals surface area contributed by atoms with Gasteiger partial charge in [-0.25, -0.2) is 0 Å². The van der Waals surface area contributed by atoms with Crippen molar-refractivity contribution in [2.75, 3.05) is 14.2 Å². The van der Waals surface area contributed by atoms with Crippen LogP contribution in [0, 0.1) is 0 Å². The Morgan fingerprint density at radius 3 is 1.93 bits per heavy atom. The summed E-state index contributed by atoms with van der Waals surface area (Å²) in [6.07, 6.45) is 0. The van der Waals surface area contributed by atoms with Crippen molar-refractivity contribution >= 4 is 34.2 Å². The first kappa shape index (κ1) is 18.5. The van der Waals surface area contributed by atoms with E-state index in [4.69, 9.17) is 21.1 Å². The number of hydrogen-bond donors (Lipinski definition) is 2. The zero-order valence-corrected chi connectivity index (χ0v) is 15.5. The van der Waals surface area contributed by atoms with E-state index in [1.54, 1.807) is 24.3 Å². The SMILES string of the molecule is COc1ccc(Cl)cc1C(=O)NNC(=O)c1cc2ccccc2cc1OC. The Labute approximate surface area is 161 Å². The van der Waals surface area contributed by atoms with Crippen LogP contribution in [-0.4, -0.2) is 26.0 Å². The van der Waals surface area contributed by atoms with Crippen molar-refractivity contribution in [3.63, 3.8) is 0 Å². The number of methoxy groups -OCH3 is 2. The molecule has 0 aromatic heterocycles. The third kappa shape index (κ3) is 3.96. The minimum absolute atomic E-state index is 0.204. The van der Waals surface area contributed by atoms with Gasteiger partial charge in [0.05, 0.1) is 25.3 Å². The van der Waals surface area contributed by atoms with Gasteiger partial charge in [0.15, 0.2) is 0 Å². The lowest BCUT2D eigenvalue weighted by Gasteiger charge is -2.13. The summed E-state index contributed by atoms with van der Waals surface area (Å²) in [5.41, 5.74) is 5.26. The molecule has 0 aliphatic heterocycles. The third-order valence-electron chi connectivity index (χ3n) is 4.01. The van der Waals surface area contributed by atoms with Crippen LogP contribution in [-0.2, 0) is 0 Å². The summed E-state index contributed by atoms with van der Waals surface area (Å²) in [4.78, 5) is 24.9. The van der Waals surface area contributed by atoms with E-state index in [0.29, 0.717) is 22.1 Å². The maximum Gasteiger partial charge on any atom is 0.273 e. The van der Waals surface area contributed by atoms with Crippen LogP contribution in [0.4, 0.5) is 0 Å². The second-order valence-corrected chi connectivity index (χ2v) is 6.09. The van der Waals surface area contributed by atoms with Crippen LogP contribution in [0.2, 0.25) is 5.02 Å². The standard InChI is InChI=1S/C20H17ClN2O4/c1-26-17-8-7-14(21)11-16(17)20(25)23-22-19(24)15-9-12-5-3-4-6-13(12)10-18(15)27-2/h3-11H,1-2H3,(H,22,24)(H,23,25). The molecule has 27 heavy (non-hydrogen) atoms. The number of fused-ring (bicyclic) bond motifs is 1. The first-order chi connectivity index (χ1) is 13.0. The number of nitrogens with one attached hydrogen (secondary N) is 2. The third-order valence-corrected chi connectivity index (χ3v) is 4.24. The number of halogens is 1. The van der Waals surface area contributed by atoms with Gasteiger partial charge in [-0.05, 0) is 41.1 Å². The Morgan fingerprint density at radius 1 is 0.778 bits per heavy atom. The number of carbonyl (C=O) groups excluding carboxylic acids is 2. The maximum absolute atomic E-state index is 12.6. The van der Waals surface area contributed by atoms with Crippen molar-refractivity contribution in [1.29, 1.82) is 0 Å². The lowest BCUT2D eigenvalue weighted by molar-refractivity contribution is 0.0843. The Balaban J connectivity index is 1.81. The molecule has 2 N–H and O–H groups in total. The first-order valence-electron chi connectivity index (χ1n) is 8.04. The van der Waals surface area contributed by atoms with E-state index in [2.05, 4.69) is 10.9 Å². The molecule has 0 heterocycles. The second-order valence-electron chi connectivity index (χ2n) is 5.65. The predicted octanol–water partition coefficient (Wildman–Crippen LogP) is 3.59. The summed E-state index contributed by atoms with van der Waals surface area (Å²) in [5, 5.41) is 2.20. The fraction of sp³-hybridized carbons (Fsp3) is 0.100. The van der Waals surface area contributed by atoms with Gasteiger partial charge in [0, 0.05) is 5.02 Å². The van der Waals surface area contributed by atoms with Crippen molar-refractivity contribution in [3.05, 3.63) is 70.7 Å². The van der Waals surface area contributed by atoms with Crippen LogP contribution in [0.25, 0.3) is 10.8 Å². The van der Waals surface area contributed by atoms with Gasteiger partial charge in [-0.3, -0.25) is 20.4 Å². The summed E-state index contributed by atoms with van der Waals surface area (Å²) in [6, 6.07) is 15.7. The highest BCUT2D eigenvalue weighted by Crippen LogP contribution is 2.26. The molecule has 3 aromatic rings. The van der Waals surface area contributed by atoms with Gasteiger partial charge in [-0.15, -0.1) is 0 Å². The smallest absolute Gasteiger partial charge is 0.273 e. The van der Waals surface area contributed by atoms with Gasteiger partial charge in [-0.1, -0.05) is 35.9 Å². The molecule has 0 spiro atoms. The highest BCUT2D eigenvalue weighted by molar-refractivity contribution is 6.31. The van der Waals surface area contributed by atoms with E-state index in [1.807, 2.05) is 24.3 Å². The summed E-state index contributed by atoms with van der Waals surface area (Å²) < 4.78 is 10.5. The number of rotatable bonds is 4. The van der Waals surface area contributed by atoms with Gasteiger partial charge in [0.1, 0.15) is 11.5 Å². The molecule has 0 saturated carbocycles. The molecule has 7 heteroatoms. The highest BCUT2D eigenvalue weighted by atomic mass is 35.5. The van der Waals surface area contributed by atoms with Crippen LogP contribution in [0.5, 0.6) is 11.5 Å². The van der Waals surface area contributed by atoms with Crippen LogP contribution in [0.1, 0.15) is 20.7 Å². The van der Waals surface area contributed by atoms with E-state index in [9.17, 15) is 9.59 Å². The molecule has 0 fully saturated rings. The average Bonchev–Trinajstić information content (AvgIpc) is 2.70. The lowest BCUT2D eigenvalue weighted by Crippen LogP contribution is -2.41. The molecule has 2 amide bonds. The van der Waals surface area contributed by atoms with E-state index < -0.39 is 11.8 Å². The Kier molecular flexibility index (Phi) is 5.47. The van der Waals surface area contributed by atoms with Gasteiger partial charge >= 0.3 is 0 Å². The van der Waals surface area contributed by atoms with Crippen LogP contribution < -0.4 is 20.3 Å². The fourth-order valence-electron chi connectivity index (χ4n) is 2.67. The molecular formula is C20H17ClN2O4. The molecule has 0 saturated heterocycles. The lowest BCUT2D eigenvalue weighted by atomic mass is 10.1. The summed E-state index contributed by atoms with van der Waals surface area (Å²) in [7, 11) is 2.93. The van der Waals surface area contributed by atoms with Gasteiger partial charge in [0.2, 0.25) is 0 Å². The Hall–Kier alpha value is -3.25. The minimum Gasteiger partial charge on any atom is -0.496 e. The number of ether oxygens (including phenoxy) is 2. The molecule has 138 valence electrons. The zero-order valence-electron chi connectivity index (χ0n) is 14.7. The molecule has 0 aliphatic carbocycles. The highest BCUT2D eigenvalue weighted by Gasteiger charge is 2.17. The van der Waals surface area contributed by atoms with Crippen LogP contribution in [0.3, 0.4) is 0 Å². The van der Waals surface area contributed by atoms with Crippen LogP contribution in [0.15, 0.2) is 54.6 Å². The van der Waals surface area contributed by atoms with Crippen molar-refractivity contribution in [2.24, 2.45) is 0 Å². The molecule has 0 unspecified atom stereocenters. The minimum atomic E-state index is -0.553. The van der Waals surface area contributed by atoms with Crippen molar-refractivity contribution in [1.82, 2.24) is 10.9 Å². The number of carbonyl (C=O) groups is 2. The molecule has 0 bridgehead atoms. The van der Waals surface area contributed by atoms with Gasteiger partial charge in [0.25, 0.3) is 11.8 Å². The molecule has 0 aliphatic rings. The molecule has 3 rings (SSSR count). The first-order valence-corrected chi connectivity index (χ1v) is 8.42. The molecule has 3 aromatic carbocycles. The largest absolute Gasteiger partial charge is 0.496 e. The second kappa shape index (κ2) is 7.97. The van der Waals surface area contributed by atoms with E-state index in [0.717, 1.165) is 10.8 Å². The van der Waals surface area contributed by atoms with E-state index in [-0.39, 0.29) is 5.56 Å². The van der Waals surface area contributed by atoms with Gasteiger partial charge < -0.3 is 9.47 Å². The number of benzene rings is 3. The van der Waals surface area contributed by atoms with E-state index >= 15 is 0 Å². The summed E-state index contributed by atoms with van der Waals surface area (Å²) >= 11 is 5.93. The zero-order chi connectivity index (χ0) is 19.4. The molecule has 6 nitrogen and oxygen atoms in total. The summed E-state index contributed by atoms with van der Waals surface area (Å²) in [5.74, 6) is -0.315. The predicted molar refractivity (Wildman–Crippen MR) is 103 cm³/mol. The molecule has 0 radical (unpaired) electrons. The number of hydrazine groups is 1. The summed E-state index contributed by atoms with van der Waals surface area (Å²) in [6.45, 7) is 0. The molecule has 0 atom stereocenters. The fourth-order valence-corrected chi connectivity index (χ4v) is 2.84. The Bertz CT molecular complexity index is 1020. The topological polar surface area (TPSA) is 76.7 Å². The van der Waals surface area contributed by atoms with Crippen molar-refractivity contribution in [2.45, 2.75) is 0 Å². The van der Waals surface area contributed by atoms with Crippen molar-refractivity contribution in [3.8, 4) is 11.5 Å². The average molecular weight is 385 g/mol. The van der Waals surface area contributed by atoms with Crippen LogP contribution >= 0.6 is 11.6 Å².